The number of carbonyl (C=O) groups is 2. The Morgan fingerprint density at radius 1 is 1.06 bits per heavy atom. The molecular weight excluding hydrogens is 423 g/mol. The number of benzene rings is 2. The van der Waals surface area contributed by atoms with Gasteiger partial charge in [-0.05, 0) is 54.8 Å². The van der Waals surface area contributed by atoms with Gasteiger partial charge in [0, 0.05) is 17.1 Å². The Morgan fingerprint density at radius 3 is 2.58 bits per heavy atom. The number of nitrogens with two attached hydrogens (primary N) is 1. The SMILES string of the molecule is NCNC(=O)c1cccc(C2(NC(=O)c3cncc4c3cnn4-c3ccc(F)cc3)CC2)c1. The number of nitrogens with zero attached hydrogens (tertiary/aromatic N) is 3. The lowest BCUT2D eigenvalue weighted by molar-refractivity contribution is 0.0931. The molecule has 0 aliphatic heterocycles. The number of pyridine rings is 1. The van der Waals surface area contributed by atoms with Gasteiger partial charge in [-0.3, -0.25) is 14.6 Å². The van der Waals surface area contributed by atoms with Crippen LogP contribution in [0.4, 0.5) is 4.39 Å². The smallest absolute Gasteiger partial charge is 0.254 e. The molecule has 1 saturated carbocycles. The molecule has 0 unspecified atom stereocenters. The monoisotopic (exact) mass is 444 g/mol. The predicted octanol–water partition coefficient (Wildman–Crippen LogP) is 2.62. The van der Waals surface area contributed by atoms with Gasteiger partial charge in [-0.25, -0.2) is 9.07 Å². The first-order valence-corrected chi connectivity index (χ1v) is 10.5. The summed E-state index contributed by atoms with van der Waals surface area (Å²) in [6.45, 7) is 0.0492. The molecule has 2 aromatic carbocycles. The normalized spacial score (nSPS) is 14.1. The van der Waals surface area contributed by atoms with Crippen molar-refractivity contribution in [1.82, 2.24) is 25.4 Å². The summed E-state index contributed by atoms with van der Waals surface area (Å²) in [5, 5.41) is 10.7. The molecule has 2 aromatic heterocycles. The van der Waals surface area contributed by atoms with Crippen LogP contribution >= 0.6 is 0 Å². The molecule has 1 aliphatic carbocycles. The van der Waals surface area contributed by atoms with Crippen molar-refractivity contribution < 1.29 is 14.0 Å². The van der Waals surface area contributed by atoms with Gasteiger partial charge < -0.3 is 16.4 Å². The van der Waals surface area contributed by atoms with E-state index in [1.165, 1.54) is 18.3 Å². The molecule has 5 rings (SSSR count). The third kappa shape index (κ3) is 3.83. The Hall–Kier alpha value is -4.11. The van der Waals surface area contributed by atoms with E-state index >= 15 is 0 Å². The standard InChI is InChI=1S/C24H21FN6O2/c25-17-4-6-18(7-5-17)31-21-13-27-11-20(19(21)12-29-31)23(33)30-24(8-9-24)16-3-1-2-15(10-16)22(32)28-14-26/h1-7,10-13H,8-9,14,26H2,(H,28,32)(H,30,33). The highest BCUT2D eigenvalue weighted by molar-refractivity contribution is 6.06. The summed E-state index contributed by atoms with van der Waals surface area (Å²) in [6.07, 6.45) is 6.26. The van der Waals surface area contributed by atoms with Crippen LogP contribution in [-0.4, -0.2) is 33.2 Å². The van der Waals surface area contributed by atoms with Gasteiger partial charge in [0.05, 0.1) is 41.4 Å². The summed E-state index contributed by atoms with van der Waals surface area (Å²) < 4.78 is 14.9. The van der Waals surface area contributed by atoms with Crippen molar-refractivity contribution in [3.05, 3.63) is 89.6 Å². The minimum Gasteiger partial charge on any atom is -0.342 e. The molecular formula is C24H21FN6O2. The first-order valence-electron chi connectivity index (χ1n) is 10.5. The van der Waals surface area contributed by atoms with Crippen LogP contribution in [0, 0.1) is 5.82 Å². The molecule has 0 saturated heterocycles. The molecule has 0 bridgehead atoms. The van der Waals surface area contributed by atoms with Crippen molar-refractivity contribution >= 4 is 22.7 Å². The van der Waals surface area contributed by atoms with Gasteiger partial charge in [0.15, 0.2) is 0 Å². The average molecular weight is 444 g/mol. The molecule has 33 heavy (non-hydrogen) atoms. The highest BCUT2D eigenvalue weighted by atomic mass is 19.1. The summed E-state index contributed by atoms with van der Waals surface area (Å²) in [4.78, 5) is 29.7. The van der Waals surface area contributed by atoms with Gasteiger partial charge in [0.2, 0.25) is 0 Å². The van der Waals surface area contributed by atoms with E-state index < -0.39 is 5.54 Å². The van der Waals surface area contributed by atoms with Crippen molar-refractivity contribution in [3.63, 3.8) is 0 Å². The second-order valence-corrected chi connectivity index (χ2v) is 7.98. The van der Waals surface area contributed by atoms with Crippen LogP contribution in [0.1, 0.15) is 39.1 Å². The van der Waals surface area contributed by atoms with Crippen molar-refractivity contribution in [2.45, 2.75) is 18.4 Å². The van der Waals surface area contributed by atoms with Gasteiger partial charge in [-0.15, -0.1) is 0 Å². The lowest BCUT2D eigenvalue weighted by Crippen LogP contribution is -2.35. The fourth-order valence-electron chi connectivity index (χ4n) is 3.96. The van der Waals surface area contributed by atoms with Crippen LogP contribution in [0.15, 0.2) is 67.1 Å². The molecule has 9 heteroatoms. The Balaban J connectivity index is 1.44. The van der Waals surface area contributed by atoms with Gasteiger partial charge in [0.1, 0.15) is 5.82 Å². The largest absolute Gasteiger partial charge is 0.342 e. The van der Waals surface area contributed by atoms with Gasteiger partial charge in [-0.2, -0.15) is 5.10 Å². The number of amides is 2. The summed E-state index contributed by atoms with van der Waals surface area (Å²) >= 11 is 0. The average Bonchev–Trinajstić information content (AvgIpc) is 3.48. The van der Waals surface area contributed by atoms with E-state index in [4.69, 9.17) is 5.73 Å². The van der Waals surface area contributed by atoms with E-state index in [1.807, 2.05) is 6.07 Å². The summed E-state index contributed by atoms with van der Waals surface area (Å²) in [7, 11) is 0. The Morgan fingerprint density at radius 2 is 1.85 bits per heavy atom. The number of carbonyl (C=O) groups excluding carboxylic acids is 2. The van der Waals surface area contributed by atoms with Crippen LogP contribution in [0.5, 0.6) is 0 Å². The molecule has 1 fully saturated rings. The highest BCUT2D eigenvalue weighted by Gasteiger charge is 2.46. The minimum absolute atomic E-state index is 0.0492. The number of hydrogen-bond donors (Lipinski definition) is 3. The Bertz CT molecular complexity index is 1360. The summed E-state index contributed by atoms with van der Waals surface area (Å²) in [6, 6.07) is 13.1. The van der Waals surface area contributed by atoms with Crippen molar-refractivity contribution in [2.24, 2.45) is 5.73 Å². The van der Waals surface area contributed by atoms with Crippen LogP contribution < -0.4 is 16.4 Å². The van der Waals surface area contributed by atoms with E-state index in [9.17, 15) is 14.0 Å². The molecule has 4 aromatic rings. The lowest BCUT2D eigenvalue weighted by Gasteiger charge is -2.19. The van der Waals surface area contributed by atoms with Crippen molar-refractivity contribution in [2.75, 3.05) is 6.67 Å². The van der Waals surface area contributed by atoms with E-state index in [1.54, 1.807) is 47.4 Å². The molecule has 2 amide bonds. The zero-order valence-electron chi connectivity index (χ0n) is 17.6. The number of rotatable bonds is 6. The highest BCUT2D eigenvalue weighted by Crippen LogP contribution is 2.46. The Kier molecular flexibility index (Phi) is 5.10. The van der Waals surface area contributed by atoms with Gasteiger partial charge in [0.25, 0.3) is 11.8 Å². The molecule has 166 valence electrons. The van der Waals surface area contributed by atoms with E-state index in [0.717, 1.165) is 18.4 Å². The quantitative estimate of drug-likeness (QED) is 0.396. The number of nitrogens with one attached hydrogen (secondary N) is 2. The van der Waals surface area contributed by atoms with Crippen LogP contribution in [0.3, 0.4) is 0 Å². The maximum absolute atomic E-state index is 13.3. The minimum atomic E-state index is -0.537. The van der Waals surface area contributed by atoms with Crippen molar-refractivity contribution in [1.29, 1.82) is 0 Å². The molecule has 1 aliphatic rings. The number of fused-ring (bicyclic) bond motifs is 1. The predicted molar refractivity (Wildman–Crippen MR) is 120 cm³/mol. The van der Waals surface area contributed by atoms with Gasteiger partial charge >= 0.3 is 0 Å². The van der Waals surface area contributed by atoms with Crippen LogP contribution in [0.25, 0.3) is 16.6 Å². The molecule has 0 spiro atoms. The zero-order chi connectivity index (χ0) is 23.0. The van der Waals surface area contributed by atoms with Crippen LogP contribution in [0.2, 0.25) is 0 Å². The first-order chi connectivity index (χ1) is 16.0. The first kappa shape index (κ1) is 20.8. The third-order valence-corrected chi connectivity index (χ3v) is 5.86. The second-order valence-electron chi connectivity index (χ2n) is 7.98. The van der Waals surface area contributed by atoms with E-state index in [2.05, 4.69) is 20.7 Å². The van der Waals surface area contributed by atoms with Gasteiger partial charge in [-0.1, -0.05) is 12.1 Å². The fraction of sp³-hybridized carbons (Fsp3) is 0.167. The van der Waals surface area contributed by atoms with Crippen LogP contribution in [-0.2, 0) is 5.54 Å². The Labute approximate surface area is 188 Å². The zero-order valence-corrected chi connectivity index (χ0v) is 17.6. The second kappa shape index (κ2) is 8.10. The third-order valence-electron chi connectivity index (χ3n) is 5.86. The van der Waals surface area contributed by atoms with E-state index in [-0.39, 0.29) is 24.3 Å². The maximum atomic E-state index is 13.3. The number of hydrogen-bond acceptors (Lipinski definition) is 5. The number of aromatic nitrogens is 3. The molecule has 8 nitrogen and oxygen atoms in total. The fourth-order valence-corrected chi connectivity index (χ4v) is 3.96. The topological polar surface area (TPSA) is 115 Å². The summed E-state index contributed by atoms with van der Waals surface area (Å²) in [5.74, 6) is -0.877. The molecule has 2 heterocycles. The lowest BCUT2D eigenvalue weighted by atomic mass is 10.0. The van der Waals surface area contributed by atoms with E-state index in [0.29, 0.717) is 27.7 Å². The molecule has 0 radical (unpaired) electrons. The maximum Gasteiger partial charge on any atom is 0.254 e. The molecule has 0 atom stereocenters. The number of halogens is 1. The van der Waals surface area contributed by atoms with Crippen molar-refractivity contribution in [3.8, 4) is 5.69 Å². The summed E-state index contributed by atoms with van der Waals surface area (Å²) in [5.41, 5.74) is 7.92. The molecule has 4 N–H and O–H groups in total.